The van der Waals surface area contributed by atoms with Crippen molar-refractivity contribution in [1.82, 2.24) is 0 Å². The van der Waals surface area contributed by atoms with E-state index in [1.807, 2.05) is 0 Å². The fraction of sp³-hybridized carbons (Fsp3) is 1.00. The number of hydrogen-bond donors (Lipinski definition) is 0. The Balaban J connectivity index is 2.86. The molecule has 18 heavy (non-hydrogen) atoms. The predicted octanol–water partition coefficient (Wildman–Crippen LogP) is 5.23. The molecule has 0 unspecified atom stereocenters. The molecule has 0 rings (SSSR count). The van der Waals surface area contributed by atoms with Crippen LogP contribution in [0.25, 0.3) is 0 Å². The van der Waals surface area contributed by atoms with Crippen LogP contribution in [-0.2, 0) is 4.43 Å². The first kappa shape index (κ1) is 18.2. The first-order valence-corrected chi connectivity index (χ1v) is 10.1. The van der Waals surface area contributed by atoms with Gasteiger partial charge in [0.2, 0.25) is 0 Å². The highest BCUT2D eigenvalue weighted by atomic mass is 28.2. The molecular weight excluding hydrogens is 236 g/mol. The molecule has 0 saturated carbocycles. The Hall–Kier alpha value is 0.177. The Kier molecular flexibility index (Phi) is 17.3. The molecule has 0 aromatic rings. The van der Waals surface area contributed by atoms with Crippen LogP contribution < -0.4 is 0 Å². The number of hydrogen-bond acceptors (Lipinski definition) is 1. The minimum Gasteiger partial charge on any atom is -0.424 e. The average molecular weight is 273 g/mol. The second-order valence-corrected chi connectivity index (χ2v) is 7.03. The zero-order valence-corrected chi connectivity index (χ0v) is 14.4. The summed E-state index contributed by atoms with van der Waals surface area (Å²) in [5.41, 5.74) is 0. The van der Waals surface area contributed by atoms with Gasteiger partial charge in [0.05, 0.1) is 0 Å². The predicted molar refractivity (Wildman–Crippen MR) is 86.1 cm³/mol. The summed E-state index contributed by atoms with van der Waals surface area (Å²) in [4.78, 5) is 0. The maximum absolute atomic E-state index is 5.70. The number of unbranched alkanes of at least 4 members (excludes halogenated alkanes) is 10. The molecule has 0 heterocycles. The summed E-state index contributed by atoms with van der Waals surface area (Å²) in [5, 5.41) is 0. The maximum atomic E-state index is 5.70. The first-order chi connectivity index (χ1) is 8.91. The molecule has 110 valence electrons. The largest absolute Gasteiger partial charge is 0.424 e. The summed E-state index contributed by atoms with van der Waals surface area (Å²) < 4.78 is 5.70. The van der Waals surface area contributed by atoms with Crippen LogP contribution in [-0.4, -0.2) is 16.4 Å². The van der Waals surface area contributed by atoms with Gasteiger partial charge in [-0.1, -0.05) is 84.5 Å². The summed E-state index contributed by atoms with van der Waals surface area (Å²) in [6.45, 7) is 5.58. The summed E-state index contributed by atoms with van der Waals surface area (Å²) in [6, 6.07) is 1.36. The topological polar surface area (TPSA) is 9.23 Å². The lowest BCUT2D eigenvalue weighted by molar-refractivity contribution is 0.319. The summed E-state index contributed by atoms with van der Waals surface area (Å²) in [7, 11) is -0.147. The van der Waals surface area contributed by atoms with E-state index in [1.165, 1.54) is 83.1 Å². The lowest BCUT2D eigenvalue weighted by Crippen LogP contribution is -1.99. The van der Waals surface area contributed by atoms with Crippen molar-refractivity contribution in [2.75, 3.05) is 6.61 Å². The summed E-state index contributed by atoms with van der Waals surface area (Å²) in [6.07, 6.45) is 17.0. The van der Waals surface area contributed by atoms with Crippen molar-refractivity contribution in [2.24, 2.45) is 0 Å². The molecule has 0 atom stereocenters. The molecule has 0 N–H and O–H groups in total. The van der Waals surface area contributed by atoms with Crippen molar-refractivity contribution in [1.29, 1.82) is 0 Å². The van der Waals surface area contributed by atoms with E-state index in [9.17, 15) is 0 Å². The van der Waals surface area contributed by atoms with Gasteiger partial charge in [-0.3, -0.25) is 0 Å². The van der Waals surface area contributed by atoms with E-state index in [-0.39, 0.29) is 9.76 Å². The fourth-order valence-electron chi connectivity index (χ4n) is 2.22. The van der Waals surface area contributed by atoms with Gasteiger partial charge >= 0.3 is 0 Å². The van der Waals surface area contributed by atoms with Crippen molar-refractivity contribution >= 4 is 9.76 Å². The molecule has 0 aromatic heterocycles. The molecule has 0 aliphatic rings. The van der Waals surface area contributed by atoms with Crippen LogP contribution in [0.4, 0.5) is 0 Å². The van der Waals surface area contributed by atoms with Crippen molar-refractivity contribution in [3.63, 3.8) is 0 Å². The van der Waals surface area contributed by atoms with Crippen LogP contribution in [0.5, 0.6) is 0 Å². The van der Waals surface area contributed by atoms with Crippen molar-refractivity contribution < 1.29 is 4.43 Å². The third kappa shape index (κ3) is 16.2. The standard InChI is InChI=1S/C16H36OSi/c1-3-5-6-7-8-9-10-11-12-13-14-15-17-18-16-4-2/h3-16,18H2,1-2H3. The monoisotopic (exact) mass is 272 g/mol. The van der Waals surface area contributed by atoms with Crippen molar-refractivity contribution in [3.05, 3.63) is 0 Å². The van der Waals surface area contributed by atoms with Crippen LogP contribution in [0.2, 0.25) is 6.04 Å². The molecule has 0 bridgehead atoms. The minimum atomic E-state index is -0.147. The highest BCUT2D eigenvalue weighted by Crippen LogP contribution is 2.11. The van der Waals surface area contributed by atoms with E-state index >= 15 is 0 Å². The van der Waals surface area contributed by atoms with Crippen LogP contribution in [0.15, 0.2) is 0 Å². The minimum absolute atomic E-state index is 0.147. The second-order valence-electron chi connectivity index (χ2n) is 5.50. The van der Waals surface area contributed by atoms with E-state index in [0.29, 0.717) is 0 Å². The first-order valence-electron chi connectivity index (χ1n) is 8.49. The Morgan fingerprint density at radius 2 is 1.11 bits per heavy atom. The van der Waals surface area contributed by atoms with E-state index < -0.39 is 0 Å². The maximum Gasteiger partial charge on any atom is 0.161 e. The molecule has 0 aliphatic heterocycles. The van der Waals surface area contributed by atoms with E-state index in [1.54, 1.807) is 0 Å². The van der Waals surface area contributed by atoms with Gasteiger partial charge in [0.15, 0.2) is 9.76 Å². The Bertz CT molecular complexity index is 123. The highest BCUT2D eigenvalue weighted by molar-refractivity contribution is 6.26. The van der Waals surface area contributed by atoms with Gasteiger partial charge in [0, 0.05) is 6.61 Å². The fourth-order valence-corrected chi connectivity index (χ4v) is 3.12. The van der Waals surface area contributed by atoms with E-state index in [2.05, 4.69) is 13.8 Å². The summed E-state index contributed by atoms with van der Waals surface area (Å²) in [5.74, 6) is 0. The van der Waals surface area contributed by atoms with E-state index in [0.717, 1.165) is 6.61 Å². The lowest BCUT2D eigenvalue weighted by Gasteiger charge is -2.04. The van der Waals surface area contributed by atoms with Crippen LogP contribution in [0, 0.1) is 0 Å². The van der Waals surface area contributed by atoms with Crippen LogP contribution in [0.3, 0.4) is 0 Å². The Morgan fingerprint density at radius 3 is 1.61 bits per heavy atom. The van der Waals surface area contributed by atoms with Gasteiger partial charge in [-0.05, 0) is 12.5 Å². The van der Waals surface area contributed by atoms with E-state index in [4.69, 9.17) is 4.43 Å². The molecule has 0 spiro atoms. The molecule has 0 amide bonds. The molecule has 0 aliphatic carbocycles. The summed E-state index contributed by atoms with van der Waals surface area (Å²) >= 11 is 0. The van der Waals surface area contributed by atoms with Gasteiger partial charge in [-0.25, -0.2) is 0 Å². The molecule has 0 radical (unpaired) electrons. The molecular formula is C16H36OSi. The van der Waals surface area contributed by atoms with Gasteiger partial charge < -0.3 is 4.43 Å². The quantitative estimate of drug-likeness (QED) is 0.293. The van der Waals surface area contributed by atoms with Gasteiger partial charge in [0.25, 0.3) is 0 Å². The third-order valence-electron chi connectivity index (χ3n) is 3.53. The Morgan fingerprint density at radius 1 is 0.611 bits per heavy atom. The zero-order valence-electron chi connectivity index (χ0n) is 13.0. The van der Waals surface area contributed by atoms with Crippen LogP contribution in [0.1, 0.15) is 90.9 Å². The highest BCUT2D eigenvalue weighted by Gasteiger charge is 1.93. The van der Waals surface area contributed by atoms with Gasteiger partial charge in [-0.2, -0.15) is 0 Å². The molecule has 0 aromatic carbocycles. The van der Waals surface area contributed by atoms with Gasteiger partial charge in [-0.15, -0.1) is 0 Å². The molecule has 0 fully saturated rings. The van der Waals surface area contributed by atoms with Gasteiger partial charge in [0.1, 0.15) is 0 Å². The van der Waals surface area contributed by atoms with Crippen molar-refractivity contribution in [3.8, 4) is 0 Å². The zero-order chi connectivity index (χ0) is 13.3. The van der Waals surface area contributed by atoms with Crippen LogP contribution >= 0.6 is 0 Å². The smallest absolute Gasteiger partial charge is 0.161 e. The average Bonchev–Trinajstić information content (AvgIpc) is 2.39. The third-order valence-corrected chi connectivity index (χ3v) is 5.11. The molecule has 0 saturated heterocycles. The molecule has 2 heteroatoms. The molecule has 1 nitrogen and oxygen atoms in total. The number of rotatable bonds is 15. The van der Waals surface area contributed by atoms with Crippen molar-refractivity contribution in [2.45, 2.75) is 96.9 Å². The Labute approximate surface area is 118 Å². The SMILES string of the molecule is CCCCCCCCCCCCCO[SiH2]CCC. The lowest BCUT2D eigenvalue weighted by atomic mass is 10.1. The second kappa shape index (κ2) is 17.2. The normalized spacial score (nSPS) is 11.7.